The molecule has 0 aliphatic rings. The molecule has 2 rings (SSSR count). The number of hydrogen-bond acceptors (Lipinski definition) is 2. The van der Waals surface area contributed by atoms with E-state index in [0.29, 0.717) is 5.56 Å². The van der Waals surface area contributed by atoms with Crippen LogP contribution in [-0.2, 0) is 4.43 Å². The minimum atomic E-state index is -1.67. The molecule has 0 spiro atoms. The molecule has 3 heteroatoms. The van der Waals surface area contributed by atoms with Gasteiger partial charge in [-0.25, -0.2) is 0 Å². The van der Waals surface area contributed by atoms with E-state index in [1.54, 1.807) is 0 Å². The average Bonchev–Trinajstić information content (AvgIpc) is 2.45. The molecular weight excluding hydrogens is 262 g/mol. The standard InChI is InChI=1S/C17H19NOSi/c1-20(2,3)19-17(15-7-5-4-6-8-15)16-11-9-14(13-18)10-12-16/h4-12,17H,1-3H3. The Morgan fingerprint density at radius 3 is 1.95 bits per heavy atom. The number of benzene rings is 2. The lowest BCUT2D eigenvalue weighted by atomic mass is 10.0. The van der Waals surface area contributed by atoms with Gasteiger partial charge >= 0.3 is 0 Å². The molecule has 0 saturated heterocycles. The lowest BCUT2D eigenvalue weighted by Gasteiger charge is -2.27. The van der Waals surface area contributed by atoms with E-state index >= 15 is 0 Å². The maximum Gasteiger partial charge on any atom is 0.185 e. The van der Waals surface area contributed by atoms with Gasteiger partial charge in [-0.2, -0.15) is 5.26 Å². The predicted molar refractivity (Wildman–Crippen MR) is 83.9 cm³/mol. The lowest BCUT2D eigenvalue weighted by Crippen LogP contribution is -2.28. The second-order valence-corrected chi connectivity index (χ2v) is 10.2. The molecule has 0 amide bonds. The molecule has 0 fully saturated rings. The third-order valence-corrected chi connectivity index (χ3v) is 3.86. The van der Waals surface area contributed by atoms with E-state index in [0.717, 1.165) is 11.1 Å². The molecule has 0 aliphatic heterocycles. The summed E-state index contributed by atoms with van der Waals surface area (Å²) in [5, 5.41) is 8.90. The lowest BCUT2D eigenvalue weighted by molar-refractivity contribution is 0.240. The van der Waals surface area contributed by atoms with Crippen LogP contribution in [0.5, 0.6) is 0 Å². The van der Waals surface area contributed by atoms with Crippen molar-refractivity contribution in [3.05, 3.63) is 71.3 Å². The summed E-state index contributed by atoms with van der Waals surface area (Å²) in [6.45, 7) is 6.56. The largest absolute Gasteiger partial charge is 0.407 e. The van der Waals surface area contributed by atoms with Gasteiger partial charge in [-0.15, -0.1) is 0 Å². The van der Waals surface area contributed by atoms with Gasteiger partial charge in [-0.3, -0.25) is 0 Å². The van der Waals surface area contributed by atoms with Crippen LogP contribution in [0.1, 0.15) is 22.8 Å². The van der Waals surface area contributed by atoms with Crippen LogP contribution in [0.2, 0.25) is 19.6 Å². The van der Waals surface area contributed by atoms with Crippen LogP contribution in [-0.4, -0.2) is 8.32 Å². The summed E-state index contributed by atoms with van der Waals surface area (Å²) in [5.74, 6) is 0. The van der Waals surface area contributed by atoms with Crippen molar-refractivity contribution in [2.45, 2.75) is 25.7 Å². The molecule has 0 radical (unpaired) electrons. The van der Waals surface area contributed by atoms with Crippen molar-refractivity contribution in [1.29, 1.82) is 5.26 Å². The van der Waals surface area contributed by atoms with E-state index < -0.39 is 8.32 Å². The fourth-order valence-electron chi connectivity index (χ4n) is 2.04. The van der Waals surface area contributed by atoms with Crippen LogP contribution in [0.3, 0.4) is 0 Å². The van der Waals surface area contributed by atoms with Crippen molar-refractivity contribution in [3.63, 3.8) is 0 Å². The van der Waals surface area contributed by atoms with Crippen LogP contribution in [0, 0.1) is 11.3 Å². The maximum absolute atomic E-state index is 8.90. The fourth-order valence-corrected chi connectivity index (χ4v) is 3.02. The zero-order valence-corrected chi connectivity index (χ0v) is 13.1. The smallest absolute Gasteiger partial charge is 0.185 e. The molecule has 0 bridgehead atoms. The Hall–Kier alpha value is -1.89. The minimum absolute atomic E-state index is 0.0596. The Bertz CT molecular complexity index is 594. The van der Waals surface area contributed by atoms with Crippen molar-refractivity contribution >= 4 is 8.32 Å². The molecule has 20 heavy (non-hydrogen) atoms. The van der Waals surface area contributed by atoms with Crippen molar-refractivity contribution < 1.29 is 4.43 Å². The highest BCUT2D eigenvalue weighted by Crippen LogP contribution is 2.29. The third-order valence-electron chi connectivity index (χ3n) is 2.92. The fraction of sp³-hybridized carbons (Fsp3) is 0.235. The Morgan fingerprint density at radius 2 is 1.45 bits per heavy atom. The van der Waals surface area contributed by atoms with Crippen LogP contribution < -0.4 is 0 Å². The molecule has 1 atom stereocenters. The van der Waals surface area contributed by atoms with Gasteiger partial charge in [-0.1, -0.05) is 42.5 Å². The van der Waals surface area contributed by atoms with Gasteiger partial charge in [0.1, 0.15) is 0 Å². The van der Waals surface area contributed by atoms with E-state index in [9.17, 15) is 0 Å². The zero-order chi connectivity index (χ0) is 14.6. The molecule has 102 valence electrons. The first-order chi connectivity index (χ1) is 9.49. The quantitative estimate of drug-likeness (QED) is 0.773. The number of nitrogens with zero attached hydrogens (tertiary/aromatic N) is 1. The molecule has 0 heterocycles. The summed E-state index contributed by atoms with van der Waals surface area (Å²) in [6, 6.07) is 20.0. The second kappa shape index (κ2) is 6.04. The highest BCUT2D eigenvalue weighted by molar-refractivity contribution is 6.69. The van der Waals surface area contributed by atoms with Gasteiger partial charge in [0, 0.05) is 0 Å². The Labute approximate surface area is 121 Å². The van der Waals surface area contributed by atoms with Crippen LogP contribution >= 0.6 is 0 Å². The van der Waals surface area contributed by atoms with Gasteiger partial charge in [-0.05, 0) is 42.9 Å². The van der Waals surface area contributed by atoms with Gasteiger partial charge in [0.2, 0.25) is 0 Å². The average molecular weight is 281 g/mol. The third kappa shape index (κ3) is 3.80. The molecule has 2 aromatic rings. The summed E-state index contributed by atoms with van der Waals surface area (Å²) in [7, 11) is -1.67. The van der Waals surface area contributed by atoms with E-state index in [4.69, 9.17) is 9.69 Å². The molecule has 1 unspecified atom stereocenters. The van der Waals surface area contributed by atoms with Gasteiger partial charge in [0.15, 0.2) is 8.32 Å². The molecular formula is C17H19NOSi. The first kappa shape index (κ1) is 14.5. The van der Waals surface area contributed by atoms with Crippen LogP contribution in [0.25, 0.3) is 0 Å². The van der Waals surface area contributed by atoms with Crippen molar-refractivity contribution in [1.82, 2.24) is 0 Å². The van der Waals surface area contributed by atoms with Crippen LogP contribution in [0.15, 0.2) is 54.6 Å². The van der Waals surface area contributed by atoms with Crippen LogP contribution in [0.4, 0.5) is 0 Å². The van der Waals surface area contributed by atoms with Crippen molar-refractivity contribution in [3.8, 4) is 6.07 Å². The molecule has 0 aliphatic carbocycles. The van der Waals surface area contributed by atoms with E-state index in [1.807, 2.05) is 42.5 Å². The highest BCUT2D eigenvalue weighted by Gasteiger charge is 2.23. The number of nitriles is 1. The normalized spacial score (nSPS) is 12.7. The monoisotopic (exact) mass is 281 g/mol. The minimum Gasteiger partial charge on any atom is -0.407 e. The molecule has 0 N–H and O–H groups in total. The first-order valence-electron chi connectivity index (χ1n) is 6.72. The Morgan fingerprint density at radius 1 is 0.900 bits per heavy atom. The SMILES string of the molecule is C[Si](C)(C)OC(c1ccccc1)c1ccc(C#N)cc1. The highest BCUT2D eigenvalue weighted by atomic mass is 28.4. The number of rotatable bonds is 4. The Balaban J connectivity index is 2.38. The van der Waals surface area contributed by atoms with E-state index in [-0.39, 0.29) is 6.10 Å². The van der Waals surface area contributed by atoms with Crippen molar-refractivity contribution in [2.75, 3.05) is 0 Å². The summed E-state index contributed by atoms with van der Waals surface area (Å²) < 4.78 is 6.34. The first-order valence-corrected chi connectivity index (χ1v) is 10.1. The second-order valence-electron chi connectivity index (χ2n) is 5.75. The van der Waals surface area contributed by atoms with Crippen molar-refractivity contribution in [2.24, 2.45) is 0 Å². The molecule has 0 saturated carbocycles. The molecule has 2 aromatic carbocycles. The van der Waals surface area contributed by atoms with Gasteiger partial charge in [0.25, 0.3) is 0 Å². The van der Waals surface area contributed by atoms with E-state index in [2.05, 4.69) is 37.8 Å². The molecule has 0 aromatic heterocycles. The Kier molecular flexibility index (Phi) is 4.38. The topological polar surface area (TPSA) is 33.0 Å². The van der Waals surface area contributed by atoms with Gasteiger partial charge in [0.05, 0.1) is 17.7 Å². The summed E-state index contributed by atoms with van der Waals surface area (Å²) in [5.41, 5.74) is 2.92. The maximum atomic E-state index is 8.90. The molecule has 2 nitrogen and oxygen atoms in total. The number of hydrogen-bond donors (Lipinski definition) is 0. The summed E-state index contributed by atoms with van der Waals surface area (Å²) >= 11 is 0. The zero-order valence-electron chi connectivity index (χ0n) is 12.1. The predicted octanol–water partition coefficient (Wildman–Crippen LogP) is 4.50. The van der Waals surface area contributed by atoms with E-state index in [1.165, 1.54) is 0 Å². The summed E-state index contributed by atoms with van der Waals surface area (Å²) in [4.78, 5) is 0. The van der Waals surface area contributed by atoms with Gasteiger partial charge < -0.3 is 4.43 Å². The summed E-state index contributed by atoms with van der Waals surface area (Å²) in [6.07, 6.45) is -0.0596.